The van der Waals surface area contributed by atoms with Gasteiger partial charge in [0.25, 0.3) is 0 Å². The van der Waals surface area contributed by atoms with Crippen LogP contribution in [-0.4, -0.2) is 59.6 Å². The molecular weight excluding hydrogens is 386 g/mol. The average Bonchev–Trinajstić information content (AvgIpc) is 3.03. The lowest BCUT2D eigenvalue weighted by atomic mass is 9.96. The van der Waals surface area contributed by atoms with Crippen molar-refractivity contribution in [1.82, 2.24) is 9.80 Å². The fourth-order valence-electron chi connectivity index (χ4n) is 4.02. The lowest BCUT2D eigenvalue weighted by molar-refractivity contribution is -0.136. The molecular formula is C22H31N3O3S. The number of rotatable bonds is 4. The van der Waals surface area contributed by atoms with E-state index in [1.165, 1.54) is 12.8 Å². The average molecular weight is 418 g/mol. The molecule has 29 heavy (non-hydrogen) atoms. The van der Waals surface area contributed by atoms with E-state index in [1.54, 1.807) is 19.1 Å². The standard InChI is InChI=1S/C22H31N3O3S/c1-2-28-21(27)17-9-11-19(12-10-17)23-22(29)25-15-7-8-18(16-25)20(26)24-13-5-3-4-6-14-24/h9-12,18H,2-8,13-16H2,1H3,(H,23,29)/t18-/m1/s1. The van der Waals surface area contributed by atoms with E-state index in [4.69, 9.17) is 17.0 Å². The fraction of sp³-hybridized carbons (Fsp3) is 0.591. The van der Waals surface area contributed by atoms with Crippen molar-refractivity contribution in [3.63, 3.8) is 0 Å². The van der Waals surface area contributed by atoms with Crippen molar-refractivity contribution in [3.05, 3.63) is 29.8 Å². The number of piperidine rings is 1. The van der Waals surface area contributed by atoms with Gasteiger partial charge in [-0.15, -0.1) is 0 Å². The SMILES string of the molecule is CCOC(=O)c1ccc(NC(=S)N2CCC[C@@H](C(=O)N3CCCCCC3)C2)cc1. The number of ether oxygens (including phenoxy) is 1. The number of nitrogens with one attached hydrogen (secondary N) is 1. The van der Waals surface area contributed by atoms with Gasteiger partial charge in [0.1, 0.15) is 0 Å². The molecule has 2 aliphatic rings. The largest absolute Gasteiger partial charge is 0.462 e. The Bertz CT molecular complexity index is 715. The third kappa shape index (κ3) is 5.92. The highest BCUT2D eigenvalue weighted by atomic mass is 32.1. The van der Waals surface area contributed by atoms with Gasteiger partial charge in [-0.3, -0.25) is 4.79 Å². The molecule has 1 aromatic rings. The Balaban J connectivity index is 1.55. The number of amides is 1. The van der Waals surface area contributed by atoms with Crippen molar-refractivity contribution < 1.29 is 14.3 Å². The van der Waals surface area contributed by atoms with Crippen LogP contribution in [0.25, 0.3) is 0 Å². The van der Waals surface area contributed by atoms with Gasteiger partial charge in [-0.25, -0.2) is 4.79 Å². The number of anilines is 1. The van der Waals surface area contributed by atoms with Gasteiger partial charge >= 0.3 is 5.97 Å². The zero-order valence-electron chi connectivity index (χ0n) is 17.2. The van der Waals surface area contributed by atoms with Gasteiger partial charge in [-0.05, 0) is 69.1 Å². The smallest absolute Gasteiger partial charge is 0.338 e. The molecule has 7 heteroatoms. The lowest BCUT2D eigenvalue weighted by Gasteiger charge is -2.36. The molecule has 158 valence electrons. The van der Waals surface area contributed by atoms with Crippen molar-refractivity contribution in [1.29, 1.82) is 0 Å². The number of thiocarbonyl (C=S) groups is 1. The second kappa shape index (κ2) is 10.6. The zero-order valence-corrected chi connectivity index (χ0v) is 18.0. The van der Waals surface area contributed by atoms with Crippen molar-refractivity contribution >= 4 is 34.9 Å². The predicted octanol–water partition coefficient (Wildman–Crippen LogP) is 3.67. The molecule has 3 rings (SSSR count). The van der Waals surface area contributed by atoms with E-state index in [1.807, 2.05) is 12.1 Å². The quantitative estimate of drug-likeness (QED) is 0.596. The minimum atomic E-state index is -0.326. The first-order valence-electron chi connectivity index (χ1n) is 10.7. The van der Waals surface area contributed by atoms with Crippen LogP contribution in [0.5, 0.6) is 0 Å². The number of carbonyl (C=O) groups is 2. The molecule has 2 fully saturated rings. The van der Waals surface area contributed by atoms with Crippen LogP contribution in [0.1, 0.15) is 55.8 Å². The van der Waals surface area contributed by atoms with Crippen LogP contribution in [0.4, 0.5) is 5.69 Å². The minimum Gasteiger partial charge on any atom is -0.462 e. The summed E-state index contributed by atoms with van der Waals surface area (Å²) in [6, 6.07) is 7.10. The Hall–Kier alpha value is -2.15. The molecule has 0 spiro atoms. The molecule has 6 nitrogen and oxygen atoms in total. The molecule has 0 saturated carbocycles. The highest BCUT2D eigenvalue weighted by molar-refractivity contribution is 7.80. The van der Waals surface area contributed by atoms with E-state index in [0.717, 1.165) is 51.0 Å². The second-order valence-electron chi connectivity index (χ2n) is 7.75. The Morgan fingerprint density at radius 1 is 1.03 bits per heavy atom. The van der Waals surface area contributed by atoms with Gasteiger partial charge in [0, 0.05) is 31.9 Å². The Labute approximate surface area is 178 Å². The molecule has 1 amide bonds. The van der Waals surface area contributed by atoms with Crippen LogP contribution in [0.3, 0.4) is 0 Å². The lowest BCUT2D eigenvalue weighted by Crippen LogP contribution is -2.48. The van der Waals surface area contributed by atoms with E-state index in [-0.39, 0.29) is 17.8 Å². The monoisotopic (exact) mass is 417 g/mol. The molecule has 1 atom stereocenters. The summed E-state index contributed by atoms with van der Waals surface area (Å²) in [6.45, 7) is 5.46. The van der Waals surface area contributed by atoms with Crippen molar-refractivity contribution in [2.75, 3.05) is 38.1 Å². The number of esters is 1. The first-order chi connectivity index (χ1) is 14.1. The van der Waals surface area contributed by atoms with Crippen molar-refractivity contribution in [2.24, 2.45) is 5.92 Å². The highest BCUT2D eigenvalue weighted by Gasteiger charge is 2.30. The van der Waals surface area contributed by atoms with Crippen LogP contribution in [0.2, 0.25) is 0 Å². The van der Waals surface area contributed by atoms with E-state index in [2.05, 4.69) is 15.1 Å². The van der Waals surface area contributed by atoms with E-state index < -0.39 is 0 Å². The molecule has 1 N–H and O–H groups in total. The van der Waals surface area contributed by atoms with Crippen molar-refractivity contribution in [2.45, 2.75) is 45.4 Å². The second-order valence-corrected chi connectivity index (χ2v) is 8.14. The maximum Gasteiger partial charge on any atom is 0.338 e. The molecule has 0 aliphatic carbocycles. The Kier molecular flexibility index (Phi) is 7.86. The van der Waals surface area contributed by atoms with Crippen LogP contribution in [0, 0.1) is 5.92 Å². The summed E-state index contributed by atoms with van der Waals surface area (Å²) in [4.78, 5) is 28.9. The number of carbonyl (C=O) groups excluding carboxylic acids is 2. The number of hydrogen-bond acceptors (Lipinski definition) is 4. The van der Waals surface area contributed by atoms with Gasteiger partial charge in [0.15, 0.2) is 5.11 Å². The minimum absolute atomic E-state index is 0.0211. The van der Waals surface area contributed by atoms with Gasteiger partial charge < -0.3 is 19.9 Å². The molecule has 2 saturated heterocycles. The van der Waals surface area contributed by atoms with Crippen molar-refractivity contribution in [3.8, 4) is 0 Å². The maximum absolute atomic E-state index is 13.0. The van der Waals surface area contributed by atoms with Crippen LogP contribution < -0.4 is 5.32 Å². The van der Waals surface area contributed by atoms with Gasteiger partial charge in [0.05, 0.1) is 18.1 Å². The molecule has 2 aliphatic heterocycles. The summed E-state index contributed by atoms with van der Waals surface area (Å²) >= 11 is 5.60. The molecule has 0 aromatic heterocycles. The van der Waals surface area contributed by atoms with Crippen LogP contribution in [0.15, 0.2) is 24.3 Å². The topological polar surface area (TPSA) is 61.9 Å². The Morgan fingerprint density at radius 2 is 1.69 bits per heavy atom. The molecule has 0 unspecified atom stereocenters. The first-order valence-corrected chi connectivity index (χ1v) is 11.1. The number of hydrogen-bond donors (Lipinski definition) is 1. The number of likely N-dealkylation sites (tertiary alicyclic amines) is 2. The number of benzene rings is 1. The molecule has 0 bridgehead atoms. The summed E-state index contributed by atoms with van der Waals surface area (Å²) in [6.07, 6.45) is 6.58. The van der Waals surface area contributed by atoms with Gasteiger partial charge in [-0.2, -0.15) is 0 Å². The summed E-state index contributed by atoms with van der Waals surface area (Å²) in [5, 5.41) is 3.87. The summed E-state index contributed by atoms with van der Waals surface area (Å²) in [7, 11) is 0. The summed E-state index contributed by atoms with van der Waals surface area (Å²) in [5.41, 5.74) is 1.34. The maximum atomic E-state index is 13.0. The Morgan fingerprint density at radius 3 is 2.34 bits per heavy atom. The first kappa shape index (κ1) is 21.6. The number of nitrogens with zero attached hydrogens (tertiary/aromatic N) is 2. The summed E-state index contributed by atoms with van der Waals surface area (Å²) < 4.78 is 5.01. The van der Waals surface area contributed by atoms with Crippen LogP contribution >= 0.6 is 12.2 Å². The van der Waals surface area contributed by atoms with Gasteiger partial charge in [-0.1, -0.05) is 12.8 Å². The molecule has 0 radical (unpaired) electrons. The van der Waals surface area contributed by atoms with Crippen LogP contribution in [-0.2, 0) is 9.53 Å². The van der Waals surface area contributed by atoms with E-state index in [9.17, 15) is 9.59 Å². The fourth-order valence-corrected chi connectivity index (χ4v) is 4.30. The highest BCUT2D eigenvalue weighted by Crippen LogP contribution is 2.22. The predicted molar refractivity (Wildman–Crippen MR) is 118 cm³/mol. The third-order valence-corrected chi connectivity index (χ3v) is 5.98. The van der Waals surface area contributed by atoms with E-state index >= 15 is 0 Å². The third-order valence-electron chi connectivity index (χ3n) is 5.62. The normalized spacial score (nSPS) is 20.0. The molecule has 1 aromatic carbocycles. The zero-order chi connectivity index (χ0) is 20.6. The van der Waals surface area contributed by atoms with Gasteiger partial charge in [0.2, 0.25) is 5.91 Å². The molecule has 2 heterocycles. The summed E-state index contributed by atoms with van der Waals surface area (Å²) in [5.74, 6) is -0.0153. The van der Waals surface area contributed by atoms with E-state index in [0.29, 0.717) is 23.8 Å².